The van der Waals surface area contributed by atoms with Crippen molar-refractivity contribution in [1.82, 2.24) is 0 Å². The average molecular weight is 339 g/mol. The predicted molar refractivity (Wildman–Crippen MR) is 81.4 cm³/mol. The molecule has 0 radical (unpaired) electrons. The van der Waals surface area contributed by atoms with Crippen molar-refractivity contribution >= 4 is 13.3 Å². The number of aliphatic hydroxyl groups excluding tert-OH is 1. The fraction of sp³-hybridized carbons (Fsp3) is 0.143. The second kappa shape index (κ2) is 6.47. The summed E-state index contributed by atoms with van der Waals surface area (Å²) in [6.45, 7) is 1.76. The molecule has 3 N–H and O–H groups in total. The van der Waals surface area contributed by atoms with Crippen LogP contribution in [0.2, 0.25) is 0 Å². The number of benzene rings is 2. The molecule has 0 aromatic heterocycles. The second-order valence-corrected chi connectivity index (χ2v) is 6.48. The van der Waals surface area contributed by atoms with Crippen molar-refractivity contribution in [2.75, 3.05) is 0 Å². The average Bonchev–Trinajstić information content (AvgIpc) is 2.48. The fourth-order valence-electron chi connectivity index (χ4n) is 1.91. The first-order valence-electron chi connectivity index (χ1n) is 6.45. The van der Waals surface area contributed by atoms with Crippen LogP contribution in [0.25, 0.3) is 0 Å². The van der Waals surface area contributed by atoms with E-state index >= 15 is 0 Å². The van der Waals surface area contributed by atoms with Crippen molar-refractivity contribution in [3.05, 3.63) is 63.7 Å². The summed E-state index contributed by atoms with van der Waals surface area (Å²) in [6.07, 6.45) is 0. The van der Waals surface area contributed by atoms with Gasteiger partial charge in [0.15, 0.2) is 5.85 Å². The van der Waals surface area contributed by atoms with Crippen LogP contribution in [-0.2, 0) is 4.57 Å². The largest absolute Gasteiger partial charge is 0.457 e. The predicted octanol–water partition coefficient (Wildman–Crippen LogP) is 2.86. The van der Waals surface area contributed by atoms with Crippen LogP contribution in [0, 0.1) is 17.0 Å². The summed E-state index contributed by atoms with van der Waals surface area (Å²) in [5.41, 5.74) is -0.0112. The van der Waals surface area contributed by atoms with Gasteiger partial charge in [0, 0.05) is 17.7 Å². The van der Waals surface area contributed by atoms with Gasteiger partial charge in [-0.2, -0.15) is 0 Å². The molecule has 0 amide bonds. The highest BCUT2D eigenvalue weighted by molar-refractivity contribution is 7.51. The Bertz CT molecular complexity index is 786. The third kappa shape index (κ3) is 3.94. The molecule has 1 atom stereocenters. The van der Waals surface area contributed by atoms with E-state index < -0.39 is 24.1 Å². The SMILES string of the molecule is Cc1ccccc1Oc1ccc([N+](=O)[O-])cc1C(O)P(=O)(O)O. The maximum absolute atomic E-state index is 11.3. The number of aliphatic hydroxyl groups is 1. The van der Waals surface area contributed by atoms with Gasteiger partial charge in [-0.05, 0) is 24.6 Å². The lowest BCUT2D eigenvalue weighted by atomic mass is 10.1. The quantitative estimate of drug-likeness (QED) is 0.434. The van der Waals surface area contributed by atoms with Crippen molar-refractivity contribution < 1.29 is 29.1 Å². The van der Waals surface area contributed by atoms with E-state index in [4.69, 9.17) is 14.5 Å². The molecule has 0 spiro atoms. The molecular weight excluding hydrogens is 325 g/mol. The highest BCUT2D eigenvalue weighted by atomic mass is 31.2. The number of non-ortho nitro benzene ring substituents is 1. The summed E-state index contributed by atoms with van der Waals surface area (Å²) in [6, 6.07) is 10.1. The molecule has 8 nitrogen and oxygen atoms in total. The van der Waals surface area contributed by atoms with Crippen molar-refractivity contribution in [1.29, 1.82) is 0 Å². The lowest BCUT2D eigenvalue weighted by Crippen LogP contribution is -2.03. The second-order valence-electron chi connectivity index (χ2n) is 4.81. The Labute approximate surface area is 131 Å². The monoisotopic (exact) mass is 339 g/mol. The summed E-state index contributed by atoms with van der Waals surface area (Å²) in [7, 11) is -4.92. The topological polar surface area (TPSA) is 130 Å². The lowest BCUT2D eigenvalue weighted by molar-refractivity contribution is -0.385. The first-order valence-corrected chi connectivity index (χ1v) is 8.13. The Hall–Kier alpha value is -2.25. The fourth-order valence-corrected chi connectivity index (χ4v) is 2.48. The van der Waals surface area contributed by atoms with Gasteiger partial charge < -0.3 is 19.6 Å². The molecule has 0 fully saturated rings. The molecule has 0 saturated heterocycles. The highest BCUT2D eigenvalue weighted by Gasteiger charge is 2.32. The number of nitro benzene ring substituents is 1. The summed E-state index contributed by atoms with van der Waals surface area (Å²) in [5, 5.41) is 20.7. The van der Waals surface area contributed by atoms with E-state index in [1.165, 1.54) is 6.07 Å². The van der Waals surface area contributed by atoms with Gasteiger partial charge >= 0.3 is 7.60 Å². The number of para-hydroxylation sites is 1. The summed E-state index contributed by atoms with van der Waals surface area (Å²) < 4.78 is 16.9. The first kappa shape index (κ1) is 17.1. The first-order chi connectivity index (χ1) is 10.7. The van der Waals surface area contributed by atoms with Gasteiger partial charge in [-0.25, -0.2) is 0 Å². The Morgan fingerprint density at radius 2 is 1.83 bits per heavy atom. The Morgan fingerprint density at radius 1 is 1.17 bits per heavy atom. The maximum Gasteiger partial charge on any atom is 0.358 e. The number of aryl methyl sites for hydroxylation is 1. The van der Waals surface area contributed by atoms with Crippen molar-refractivity contribution in [3.8, 4) is 11.5 Å². The maximum atomic E-state index is 11.3. The van der Waals surface area contributed by atoms with E-state index in [1.54, 1.807) is 31.2 Å². The zero-order chi connectivity index (χ0) is 17.2. The van der Waals surface area contributed by atoms with Crippen molar-refractivity contribution in [2.24, 2.45) is 0 Å². The molecule has 0 heterocycles. The number of ether oxygens (including phenoxy) is 1. The van der Waals surface area contributed by atoms with Gasteiger partial charge in [-0.1, -0.05) is 18.2 Å². The van der Waals surface area contributed by atoms with Crippen molar-refractivity contribution in [3.63, 3.8) is 0 Å². The summed E-state index contributed by atoms with van der Waals surface area (Å²) in [4.78, 5) is 28.4. The van der Waals surface area contributed by atoms with Crippen LogP contribution in [-0.4, -0.2) is 19.8 Å². The number of rotatable bonds is 5. The molecule has 0 aliphatic carbocycles. The minimum absolute atomic E-state index is 0.0688. The van der Waals surface area contributed by atoms with Crippen LogP contribution in [0.15, 0.2) is 42.5 Å². The van der Waals surface area contributed by atoms with E-state index in [1.807, 2.05) is 0 Å². The van der Waals surface area contributed by atoms with Gasteiger partial charge in [0.05, 0.1) is 4.92 Å². The van der Waals surface area contributed by atoms with Crippen LogP contribution < -0.4 is 4.74 Å². The third-order valence-corrected chi connectivity index (χ3v) is 4.03. The van der Waals surface area contributed by atoms with Gasteiger partial charge in [0.25, 0.3) is 5.69 Å². The molecule has 1 unspecified atom stereocenters. The van der Waals surface area contributed by atoms with Crippen LogP contribution in [0.3, 0.4) is 0 Å². The van der Waals surface area contributed by atoms with Gasteiger partial charge in [-0.15, -0.1) is 0 Å². The van der Waals surface area contributed by atoms with E-state index in [2.05, 4.69) is 0 Å². The number of hydrogen-bond donors (Lipinski definition) is 3. The molecule has 2 aromatic carbocycles. The molecule has 0 saturated carbocycles. The van der Waals surface area contributed by atoms with Crippen molar-refractivity contribution in [2.45, 2.75) is 12.8 Å². The smallest absolute Gasteiger partial charge is 0.358 e. The molecule has 0 aliphatic heterocycles. The summed E-state index contributed by atoms with van der Waals surface area (Å²) in [5.74, 6) is -1.89. The van der Waals surface area contributed by atoms with Gasteiger partial charge in [0.2, 0.25) is 0 Å². The Morgan fingerprint density at radius 3 is 2.39 bits per heavy atom. The summed E-state index contributed by atoms with van der Waals surface area (Å²) >= 11 is 0. The zero-order valence-corrected chi connectivity index (χ0v) is 12.9. The molecular formula is C14H14NO7P. The van der Waals surface area contributed by atoms with E-state index in [-0.39, 0.29) is 11.3 Å². The minimum Gasteiger partial charge on any atom is -0.457 e. The molecule has 23 heavy (non-hydrogen) atoms. The van der Waals surface area contributed by atoms with E-state index in [9.17, 15) is 19.8 Å². The molecule has 0 aliphatic rings. The van der Waals surface area contributed by atoms with E-state index in [0.717, 1.165) is 17.7 Å². The highest BCUT2D eigenvalue weighted by Crippen LogP contribution is 2.52. The number of nitrogens with zero attached hydrogens (tertiary/aromatic N) is 1. The molecule has 9 heteroatoms. The normalized spacial score (nSPS) is 12.7. The standard InChI is InChI=1S/C14H14NO7P/c1-9-4-2-3-5-12(9)22-13-7-6-10(15(17)18)8-11(13)14(16)23(19,20)21/h2-8,14,16H,1H3,(H2,19,20,21). The van der Waals surface area contributed by atoms with Gasteiger partial charge in [-0.3, -0.25) is 14.7 Å². The van der Waals surface area contributed by atoms with Crippen LogP contribution in [0.1, 0.15) is 17.0 Å². The third-order valence-electron chi connectivity index (χ3n) is 3.11. The molecule has 2 aromatic rings. The molecule has 0 bridgehead atoms. The number of hydrogen-bond acceptors (Lipinski definition) is 5. The molecule has 2 rings (SSSR count). The zero-order valence-electron chi connectivity index (χ0n) is 12.0. The lowest BCUT2D eigenvalue weighted by Gasteiger charge is -2.17. The minimum atomic E-state index is -4.92. The number of nitro groups is 1. The Balaban J connectivity index is 2.52. The Kier molecular flexibility index (Phi) is 4.82. The van der Waals surface area contributed by atoms with Crippen LogP contribution in [0.5, 0.6) is 11.5 Å². The van der Waals surface area contributed by atoms with Crippen LogP contribution >= 0.6 is 7.60 Å². The van der Waals surface area contributed by atoms with E-state index in [0.29, 0.717) is 5.75 Å². The molecule has 122 valence electrons. The van der Waals surface area contributed by atoms with Gasteiger partial charge in [0.1, 0.15) is 11.5 Å². The van der Waals surface area contributed by atoms with Crippen LogP contribution in [0.4, 0.5) is 5.69 Å².